The smallest absolute Gasteiger partial charge is 0.333 e. The van der Waals surface area contributed by atoms with Crippen molar-refractivity contribution in [2.75, 3.05) is 18.5 Å². The van der Waals surface area contributed by atoms with Crippen LogP contribution in [0.2, 0.25) is 0 Å². The van der Waals surface area contributed by atoms with Crippen LogP contribution in [0.4, 0.5) is 5.82 Å². The fourth-order valence-corrected chi connectivity index (χ4v) is 4.60. The molecule has 2 heterocycles. The molecule has 5 atom stereocenters. The lowest BCUT2D eigenvalue weighted by Crippen LogP contribution is -2.24. The Labute approximate surface area is 186 Å². The maximum atomic E-state index is 13.0. The van der Waals surface area contributed by atoms with Crippen LogP contribution >= 0.6 is 0 Å². The van der Waals surface area contributed by atoms with Crippen molar-refractivity contribution in [3.8, 4) is 0 Å². The zero-order chi connectivity index (χ0) is 22.9. The molecule has 0 amide bonds. The highest BCUT2D eigenvalue weighted by atomic mass is 32.2. The second kappa shape index (κ2) is 9.22. The van der Waals surface area contributed by atoms with E-state index in [0.29, 0.717) is 48.3 Å². The average Bonchev–Trinajstić information content (AvgIpc) is 3.11. The second-order valence-electron chi connectivity index (χ2n) is 8.83. The molecule has 4 N–H and O–H groups in total. The molecule has 0 spiro atoms. The molecule has 0 aliphatic heterocycles. The van der Waals surface area contributed by atoms with Gasteiger partial charge in [-0.25, -0.2) is 15.1 Å². The zero-order valence-electron chi connectivity index (χ0n) is 17.8. The standard InChI is InChI=1S/C20H28N6O5S/c1-12-4-14(12)9-26-3-2-17(25-26)19(28)16-8-22-11-24-20(16)23-7-13-5-15(18(27)6-13)10-31-32(21,29)30/h2-3,8,11-15,18,27H,4-7,9-10H2,1H3,(H2,21,29,30)(H,22,23,24)/t12?,13-,14?,15-,18+/m1/s1. The molecule has 2 aliphatic carbocycles. The molecule has 0 bridgehead atoms. The third kappa shape index (κ3) is 5.68. The van der Waals surface area contributed by atoms with E-state index in [-0.39, 0.29) is 24.2 Å². The van der Waals surface area contributed by atoms with Crippen LogP contribution in [0.1, 0.15) is 42.2 Å². The van der Waals surface area contributed by atoms with Crippen molar-refractivity contribution in [2.45, 2.75) is 38.8 Å². The zero-order valence-corrected chi connectivity index (χ0v) is 18.6. The van der Waals surface area contributed by atoms with Gasteiger partial charge in [0.1, 0.15) is 17.8 Å². The van der Waals surface area contributed by atoms with Crippen LogP contribution in [0.5, 0.6) is 0 Å². The van der Waals surface area contributed by atoms with Gasteiger partial charge in [-0.1, -0.05) is 6.92 Å². The molecule has 32 heavy (non-hydrogen) atoms. The molecule has 0 aromatic carbocycles. The first-order valence-corrected chi connectivity index (χ1v) is 12.1. The van der Waals surface area contributed by atoms with Crippen molar-refractivity contribution >= 4 is 21.9 Å². The molecule has 2 unspecified atom stereocenters. The molecule has 174 valence electrons. The number of ketones is 1. The number of hydrogen-bond donors (Lipinski definition) is 3. The van der Waals surface area contributed by atoms with Gasteiger partial charge in [0.2, 0.25) is 5.78 Å². The van der Waals surface area contributed by atoms with Crippen LogP contribution in [0.25, 0.3) is 0 Å². The third-order valence-corrected chi connectivity index (χ3v) is 6.75. The van der Waals surface area contributed by atoms with Crippen molar-refractivity contribution in [3.63, 3.8) is 0 Å². The molecular weight excluding hydrogens is 436 g/mol. The van der Waals surface area contributed by atoms with Gasteiger partial charge in [-0.2, -0.15) is 13.5 Å². The molecule has 11 nitrogen and oxygen atoms in total. The van der Waals surface area contributed by atoms with E-state index in [1.165, 1.54) is 18.9 Å². The molecule has 2 fully saturated rings. The molecule has 4 rings (SSSR count). The van der Waals surface area contributed by atoms with Crippen molar-refractivity contribution in [2.24, 2.45) is 28.8 Å². The minimum Gasteiger partial charge on any atom is -0.393 e. The van der Waals surface area contributed by atoms with E-state index in [0.717, 1.165) is 6.54 Å². The fraction of sp³-hybridized carbons (Fsp3) is 0.600. The average molecular weight is 465 g/mol. The van der Waals surface area contributed by atoms with Crippen LogP contribution in [-0.4, -0.2) is 58.3 Å². The molecule has 2 saturated carbocycles. The Balaban J connectivity index is 1.36. The highest BCUT2D eigenvalue weighted by Crippen LogP contribution is 2.38. The van der Waals surface area contributed by atoms with E-state index in [1.807, 2.05) is 10.9 Å². The van der Waals surface area contributed by atoms with E-state index in [2.05, 4.69) is 31.5 Å². The maximum absolute atomic E-state index is 13.0. The Hall–Kier alpha value is -2.41. The molecule has 0 radical (unpaired) electrons. The number of aromatic nitrogens is 4. The monoisotopic (exact) mass is 464 g/mol. The summed E-state index contributed by atoms with van der Waals surface area (Å²) in [5, 5.41) is 22.6. The summed E-state index contributed by atoms with van der Waals surface area (Å²) in [5.41, 5.74) is 0.665. The topological polar surface area (TPSA) is 162 Å². The van der Waals surface area contributed by atoms with Gasteiger partial charge in [-0.3, -0.25) is 13.7 Å². The molecule has 2 aromatic heterocycles. The van der Waals surface area contributed by atoms with Crippen LogP contribution in [0.15, 0.2) is 24.8 Å². The third-order valence-electron chi connectivity index (χ3n) is 6.29. The molecule has 2 aliphatic rings. The van der Waals surface area contributed by atoms with Crippen molar-refractivity contribution in [3.05, 3.63) is 36.0 Å². The number of nitrogens with one attached hydrogen (secondary N) is 1. The summed E-state index contributed by atoms with van der Waals surface area (Å²) in [7, 11) is -4.04. The van der Waals surface area contributed by atoms with Gasteiger partial charge in [0.05, 0.1) is 18.3 Å². The van der Waals surface area contributed by atoms with E-state index >= 15 is 0 Å². The van der Waals surface area contributed by atoms with E-state index in [1.54, 1.807) is 6.07 Å². The van der Waals surface area contributed by atoms with Crippen LogP contribution < -0.4 is 10.5 Å². The number of carbonyl (C=O) groups excluding carboxylic acids is 1. The number of aliphatic hydroxyl groups is 1. The first-order chi connectivity index (χ1) is 15.2. The summed E-state index contributed by atoms with van der Waals surface area (Å²) in [6, 6.07) is 1.70. The lowest BCUT2D eigenvalue weighted by atomic mass is 10.1. The van der Waals surface area contributed by atoms with Crippen molar-refractivity contribution in [1.82, 2.24) is 19.7 Å². The second-order valence-corrected chi connectivity index (χ2v) is 10.1. The minimum absolute atomic E-state index is 0.0525. The number of rotatable bonds is 10. The first kappa shape index (κ1) is 22.8. The lowest BCUT2D eigenvalue weighted by molar-refractivity contribution is 0.100. The number of anilines is 1. The Morgan fingerprint density at radius 1 is 1.34 bits per heavy atom. The van der Waals surface area contributed by atoms with Gasteiger partial charge in [0.25, 0.3) is 0 Å². The van der Waals surface area contributed by atoms with Gasteiger partial charge in [-0.05, 0) is 43.1 Å². The van der Waals surface area contributed by atoms with Crippen molar-refractivity contribution in [1.29, 1.82) is 0 Å². The first-order valence-electron chi connectivity index (χ1n) is 10.7. The van der Waals surface area contributed by atoms with E-state index in [4.69, 9.17) is 5.14 Å². The quantitative estimate of drug-likeness (QED) is 0.427. The molecule has 0 saturated heterocycles. The fourth-order valence-electron chi connectivity index (χ4n) is 4.24. The number of nitrogens with two attached hydrogens (primary N) is 1. The van der Waals surface area contributed by atoms with Gasteiger partial charge in [-0.15, -0.1) is 0 Å². The van der Waals surface area contributed by atoms with Gasteiger partial charge < -0.3 is 10.4 Å². The summed E-state index contributed by atoms with van der Waals surface area (Å²) in [6.45, 7) is 3.31. The Morgan fingerprint density at radius 3 is 2.84 bits per heavy atom. The van der Waals surface area contributed by atoms with E-state index < -0.39 is 16.4 Å². The Kier molecular flexibility index (Phi) is 6.56. The maximum Gasteiger partial charge on any atom is 0.333 e. The normalized spacial score (nSPS) is 27.4. The Morgan fingerprint density at radius 2 is 2.12 bits per heavy atom. The van der Waals surface area contributed by atoms with Crippen LogP contribution in [-0.2, 0) is 21.0 Å². The van der Waals surface area contributed by atoms with E-state index in [9.17, 15) is 18.3 Å². The predicted octanol–water partition coefficient (Wildman–Crippen LogP) is 0.579. The number of hydrogen-bond acceptors (Lipinski definition) is 9. The summed E-state index contributed by atoms with van der Waals surface area (Å²) < 4.78 is 28.4. The van der Waals surface area contributed by atoms with Gasteiger partial charge >= 0.3 is 10.3 Å². The van der Waals surface area contributed by atoms with Crippen molar-refractivity contribution < 1.29 is 22.5 Å². The summed E-state index contributed by atoms with van der Waals surface area (Å²) in [4.78, 5) is 21.2. The number of carbonyl (C=O) groups is 1. The summed E-state index contributed by atoms with van der Waals surface area (Å²) in [6.07, 6.45) is 6.18. The van der Waals surface area contributed by atoms with Gasteiger partial charge in [0, 0.05) is 31.4 Å². The number of nitrogens with zero attached hydrogens (tertiary/aromatic N) is 4. The molecule has 12 heteroatoms. The lowest BCUT2D eigenvalue weighted by Gasteiger charge is -2.14. The Bertz CT molecular complexity index is 1070. The highest BCUT2D eigenvalue weighted by molar-refractivity contribution is 7.84. The molecule has 2 aromatic rings. The predicted molar refractivity (Wildman–Crippen MR) is 115 cm³/mol. The largest absolute Gasteiger partial charge is 0.393 e. The minimum atomic E-state index is -4.04. The van der Waals surface area contributed by atoms with Gasteiger partial charge in [0.15, 0.2) is 0 Å². The number of aliphatic hydroxyl groups excluding tert-OH is 1. The van der Waals surface area contributed by atoms with Crippen LogP contribution in [0.3, 0.4) is 0 Å². The molecular formula is C20H28N6O5S. The van der Waals surface area contributed by atoms with Crippen LogP contribution in [0, 0.1) is 23.7 Å². The summed E-state index contributed by atoms with van der Waals surface area (Å²) in [5.74, 6) is 1.19. The summed E-state index contributed by atoms with van der Waals surface area (Å²) >= 11 is 0. The SMILES string of the molecule is CC1CC1Cn1ccc(C(=O)c2cncnc2NC[C@@H]2C[C@H](COS(N)(=O)=O)[C@@H](O)C2)n1. The highest BCUT2D eigenvalue weighted by Gasteiger charge is 2.34.